The zero-order chi connectivity index (χ0) is 14.7. The van der Waals surface area contributed by atoms with Gasteiger partial charge in [-0.1, -0.05) is 18.2 Å². The number of nitrogens with one attached hydrogen (secondary N) is 1. The molecule has 2 rings (SSSR count). The summed E-state index contributed by atoms with van der Waals surface area (Å²) in [6, 6.07) is 11.4. The summed E-state index contributed by atoms with van der Waals surface area (Å²) in [7, 11) is 0. The van der Waals surface area contributed by atoms with Gasteiger partial charge >= 0.3 is 5.97 Å². The molecular formula is C15H14N2O3. The number of para-hydroxylation sites is 1. The number of benzene rings is 2. The van der Waals surface area contributed by atoms with Crippen LogP contribution in [0.4, 0.5) is 11.4 Å². The maximum Gasteiger partial charge on any atom is 0.336 e. The number of hydrogen-bond acceptors (Lipinski definition) is 3. The Morgan fingerprint density at radius 3 is 2.45 bits per heavy atom. The van der Waals surface area contributed by atoms with Gasteiger partial charge in [-0.05, 0) is 36.8 Å². The molecule has 0 spiro atoms. The van der Waals surface area contributed by atoms with Gasteiger partial charge in [-0.3, -0.25) is 4.79 Å². The predicted octanol–water partition coefficient (Wildman–Crippen LogP) is 2.53. The van der Waals surface area contributed by atoms with Gasteiger partial charge in [0, 0.05) is 11.4 Å². The Hall–Kier alpha value is -2.82. The SMILES string of the molecule is Cc1ccc(NC(=O)c2ccccc2N)cc1C(=O)O. The van der Waals surface area contributed by atoms with Crippen molar-refractivity contribution in [3.63, 3.8) is 0 Å². The molecule has 0 bridgehead atoms. The second-order valence-corrected chi connectivity index (χ2v) is 4.38. The summed E-state index contributed by atoms with van der Waals surface area (Å²) >= 11 is 0. The van der Waals surface area contributed by atoms with E-state index in [1.165, 1.54) is 6.07 Å². The molecule has 4 N–H and O–H groups in total. The summed E-state index contributed by atoms with van der Waals surface area (Å²) < 4.78 is 0. The quantitative estimate of drug-likeness (QED) is 0.747. The highest BCUT2D eigenvalue weighted by Crippen LogP contribution is 2.18. The first kappa shape index (κ1) is 13.6. The average molecular weight is 270 g/mol. The first-order valence-electron chi connectivity index (χ1n) is 5.99. The smallest absolute Gasteiger partial charge is 0.336 e. The van der Waals surface area contributed by atoms with Gasteiger partial charge in [0.05, 0.1) is 11.1 Å². The fourth-order valence-electron chi connectivity index (χ4n) is 1.83. The van der Waals surface area contributed by atoms with Gasteiger partial charge in [-0.2, -0.15) is 0 Å². The van der Waals surface area contributed by atoms with Crippen LogP contribution in [0.5, 0.6) is 0 Å². The van der Waals surface area contributed by atoms with Crippen LogP contribution in [0.1, 0.15) is 26.3 Å². The third kappa shape index (κ3) is 2.77. The molecule has 0 aliphatic carbocycles. The number of nitrogens with two attached hydrogens (primary N) is 1. The number of amides is 1. The maximum absolute atomic E-state index is 12.1. The Morgan fingerprint density at radius 2 is 1.80 bits per heavy atom. The van der Waals surface area contributed by atoms with Crippen LogP contribution in [0.2, 0.25) is 0 Å². The van der Waals surface area contributed by atoms with E-state index in [0.717, 1.165) is 0 Å². The van der Waals surface area contributed by atoms with E-state index < -0.39 is 5.97 Å². The molecule has 0 aromatic heterocycles. The van der Waals surface area contributed by atoms with Crippen molar-refractivity contribution >= 4 is 23.3 Å². The molecule has 0 fully saturated rings. The monoisotopic (exact) mass is 270 g/mol. The Morgan fingerprint density at radius 1 is 1.10 bits per heavy atom. The fraction of sp³-hybridized carbons (Fsp3) is 0.0667. The summed E-state index contributed by atoms with van der Waals surface area (Å²) in [5.41, 5.74) is 7.65. The van der Waals surface area contributed by atoms with E-state index in [-0.39, 0.29) is 11.5 Å². The number of carbonyl (C=O) groups is 2. The number of carboxylic acid groups (broad SMARTS) is 1. The Balaban J connectivity index is 2.27. The van der Waals surface area contributed by atoms with E-state index in [2.05, 4.69) is 5.32 Å². The first-order chi connectivity index (χ1) is 9.49. The molecule has 102 valence electrons. The standard InChI is InChI=1S/C15H14N2O3/c1-9-6-7-10(8-12(9)15(19)20)17-14(18)11-4-2-3-5-13(11)16/h2-8H,16H2,1H3,(H,17,18)(H,19,20). The molecule has 0 heterocycles. The lowest BCUT2D eigenvalue weighted by Crippen LogP contribution is -2.14. The number of aromatic carboxylic acids is 1. The number of hydrogen-bond donors (Lipinski definition) is 3. The minimum atomic E-state index is -1.03. The van der Waals surface area contributed by atoms with Crippen LogP contribution in [-0.2, 0) is 0 Å². The molecule has 0 aliphatic heterocycles. The lowest BCUT2D eigenvalue weighted by Gasteiger charge is -2.09. The first-order valence-corrected chi connectivity index (χ1v) is 5.99. The lowest BCUT2D eigenvalue weighted by molar-refractivity contribution is 0.0695. The van der Waals surface area contributed by atoms with Crippen molar-refractivity contribution in [3.05, 3.63) is 59.2 Å². The summed E-state index contributed by atoms with van der Waals surface area (Å²) in [4.78, 5) is 23.1. The molecule has 20 heavy (non-hydrogen) atoms. The van der Waals surface area contributed by atoms with Crippen LogP contribution in [-0.4, -0.2) is 17.0 Å². The highest BCUT2D eigenvalue weighted by molar-refractivity contribution is 6.08. The van der Waals surface area contributed by atoms with Gasteiger partial charge in [-0.25, -0.2) is 4.79 Å². The molecule has 5 heteroatoms. The van der Waals surface area contributed by atoms with Crippen LogP contribution >= 0.6 is 0 Å². The maximum atomic E-state index is 12.1. The summed E-state index contributed by atoms with van der Waals surface area (Å²) in [6.45, 7) is 1.70. The van der Waals surface area contributed by atoms with Gasteiger partial charge in [0.2, 0.25) is 0 Å². The van der Waals surface area contributed by atoms with Gasteiger partial charge in [0.15, 0.2) is 0 Å². The molecule has 0 atom stereocenters. The molecule has 0 radical (unpaired) electrons. The second-order valence-electron chi connectivity index (χ2n) is 4.38. The van der Waals surface area contributed by atoms with Crippen LogP contribution in [0, 0.1) is 6.92 Å². The Bertz CT molecular complexity index is 681. The van der Waals surface area contributed by atoms with E-state index in [4.69, 9.17) is 10.8 Å². The van der Waals surface area contributed by atoms with Crippen molar-refractivity contribution in [1.29, 1.82) is 0 Å². The van der Waals surface area contributed by atoms with Crippen molar-refractivity contribution < 1.29 is 14.7 Å². The molecule has 0 unspecified atom stereocenters. The third-order valence-electron chi connectivity index (χ3n) is 2.93. The zero-order valence-corrected chi connectivity index (χ0v) is 10.9. The van der Waals surface area contributed by atoms with E-state index in [0.29, 0.717) is 22.5 Å². The van der Waals surface area contributed by atoms with E-state index in [1.54, 1.807) is 43.3 Å². The van der Waals surface area contributed by atoms with Crippen molar-refractivity contribution in [1.82, 2.24) is 0 Å². The second kappa shape index (κ2) is 5.44. The number of aryl methyl sites for hydroxylation is 1. The molecule has 0 aliphatic rings. The molecule has 0 saturated heterocycles. The molecule has 2 aromatic rings. The van der Waals surface area contributed by atoms with Crippen molar-refractivity contribution in [2.45, 2.75) is 6.92 Å². The summed E-state index contributed by atoms with van der Waals surface area (Å²) in [6.07, 6.45) is 0. The largest absolute Gasteiger partial charge is 0.478 e. The van der Waals surface area contributed by atoms with Gasteiger partial charge in [-0.15, -0.1) is 0 Å². The average Bonchev–Trinajstić information content (AvgIpc) is 2.41. The van der Waals surface area contributed by atoms with E-state index >= 15 is 0 Å². The number of rotatable bonds is 3. The zero-order valence-electron chi connectivity index (χ0n) is 10.9. The molecule has 0 saturated carbocycles. The number of carboxylic acids is 1. The fourth-order valence-corrected chi connectivity index (χ4v) is 1.83. The molecule has 5 nitrogen and oxygen atoms in total. The minimum absolute atomic E-state index is 0.156. The normalized spacial score (nSPS) is 10.1. The van der Waals surface area contributed by atoms with E-state index in [9.17, 15) is 9.59 Å². The van der Waals surface area contributed by atoms with Crippen molar-refractivity contribution in [2.24, 2.45) is 0 Å². The van der Waals surface area contributed by atoms with Gasteiger partial charge in [0.25, 0.3) is 5.91 Å². The Kier molecular flexibility index (Phi) is 3.70. The van der Waals surface area contributed by atoms with Crippen LogP contribution in [0.3, 0.4) is 0 Å². The van der Waals surface area contributed by atoms with Crippen molar-refractivity contribution in [3.8, 4) is 0 Å². The van der Waals surface area contributed by atoms with E-state index in [1.807, 2.05) is 0 Å². The molecule has 1 amide bonds. The van der Waals surface area contributed by atoms with Crippen LogP contribution < -0.4 is 11.1 Å². The topological polar surface area (TPSA) is 92.4 Å². The highest BCUT2D eigenvalue weighted by atomic mass is 16.4. The van der Waals surface area contributed by atoms with Gasteiger partial charge < -0.3 is 16.2 Å². The number of carbonyl (C=O) groups excluding carboxylic acids is 1. The molecular weight excluding hydrogens is 256 g/mol. The number of nitrogen functional groups attached to an aromatic ring is 1. The third-order valence-corrected chi connectivity index (χ3v) is 2.93. The summed E-state index contributed by atoms with van der Waals surface area (Å²) in [5, 5.41) is 11.7. The minimum Gasteiger partial charge on any atom is -0.478 e. The highest BCUT2D eigenvalue weighted by Gasteiger charge is 2.12. The molecule has 2 aromatic carbocycles. The van der Waals surface area contributed by atoms with Crippen LogP contribution in [0.25, 0.3) is 0 Å². The summed E-state index contributed by atoms with van der Waals surface area (Å²) in [5.74, 6) is -1.40. The number of anilines is 2. The Labute approximate surface area is 116 Å². The van der Waals surface area contributed by atoms with Crippen molar-refractivity contribution in [2.75, 3.05) is 11.1 Å². The predicted molar refractivity (Wildman–Crippen MR) is 76.9 cm³/mol. The van der Waals surface area contributed by atoms with Crippen LogP contribution in [0.15, 0.2) is 42.5 Å². The van der Waals surface area contributed by atoms with Gasteiger partial charge in [0.1, 0.15) is 0 Å². The lowest BCUT2D eigenvalue weighted by atomic mass is 10.1.